The van der Waals surface area contributed by atoms with Crippen LogP contribution in [0.1, 0.15) is 23.7 Å². The molecule has 2 aromatic rings. The second-order valence-electron chi connectivity index (χ2n) is 6.38. The molecule has 2 heterocycles. The van der Waals surface area contributed by atoms with Gasteiger partial charge in [-0.2, -0.15) is 5.10 Å². The Balaban J connectivity index is 1.56. The maximum Gasteiger partial charge on any atom is 0.131 e. The quantitative estimate of drug-likeness (QED) is 0.828. The first-order chi connectivity index (χ1) is 11.6. The monoisotopic (exact) mass is 350 g/mol. The average Bonchev–Trinajstić information content (AvgIpc) is 2.84. The van der Waals surface area contributed by atoms with E-state index in [0.717, 1.165) is 67.7 Å². The summed E-state index contributed by atoms with van der Waals surface area (Å²) in [5.74, 6) is -0.163. The smallest absolute Gasteiger partial charge is 0.131 e. The number of halogens is 2. The van der Waals surface area contributed by atoms with Crippen LogP contribution in [0.2, 0.25) is 5.15 Å². The van der Waals surface area contributed by atoms with Crippen molar-refractivity contribution < 1.29 is 4.39 Å². The Morgan fingerprint density at radius 2 is 1.79 bits per heavy atom. The van der Waals surface area contributed by atoms with E-state index in [0.29, 0.717) is 0 Å². The molecule has 0 amide bonds. The molecule has 3 rings (SSSR count). The summed E-state index contributed by atoms with van der Waals surface area (Å²) in [6.07, 6.45) is 0.898. The zero-order chi connectivity index (χ0) is 17.1. The van der Waals surface area contributed by atoms with Crippen LogP contribution in [-0.2, 0) is 26.6 Å². The number of aromatic nitrogens is 2. The first-order valence-electron chi connectivity index (χ1n) is 8.46. The topological polar surface area (TPSA) is 24.3 Å². The van der Waals surface area contributed by atoms with Crippen LogP contribution in [0.5, 0.6) is 0 Å². The maximum absolute atomic E-state index is 13.3. The lowest BCUT2D eigenvalue weighted by Gasteiger charge is -2.34. The molecule has 1 fully saturated rings. The van der Waals surface area contributed by atoms with E-state index in [-0.39, 0.29) is 5.82 Å². The number of nitrogens with zero attached hydrogens (tertiary/aromatic N) is 4. The fraction of sp³-hybridized carbons (Fsp3) is 0.500. The first kappa shape index (κ1) is 17.4. The molecule has 1 aliphatic heterocycles. The van der Waals surface area contributed by atoms with E-state index in [1.54, 1.807) is 16.8 Å². The third-order valence-electron chi connectivity index (χ3n) is 4.63. The van der Waals surface area contributed by atoms with Crippen molar-refractivity contribution in [2.45, 2.75) is 26.4 Å². The van der Waals surface area contributed by atoms with Crippen molar-refractivity contribution >= 4 is 11.6 Å². The first-order valence-corrected chi connectivity index (χ1v) is 8.84. The summed E-state index contributed by atoms with van der Waals surface area (Å²) in [4.78, 5) is 4.79. The fourth-order valence-corrected chi connectivity index (χ4v) is 3.47. The molecule has 0 atom stereocenters. The van der Waals surface area contributed by atoms with Crippen LogP contribution in [-0.4, -0.2) is 45.8 Å². The predicted octanol–water partition coefficient (Wildman–Crippen LogP) is 3.09. The molecule has 0 N–H and O–H groups in total. The zero-order valence-corrected chi connectivity index (χ0v) is 15.1. The third kappa shape index (κ3) is 3.97. The maximum atomic E-state index is 13.3. The van der Waals surface area contributed by atoms with Gasteiger partial charge in [0.15, 0.2) is 0 Å². The summed E-state index contributed by atoms with van der Waals surface area (Å²) in [6, 6.07) is 6.87. The number of piperazine rings is 1. The van der Waals surface area contributed by atoms with E-state index in [1.165, 1.54) is 6.07 Å². The molecule has 1 saturated heterocycles. The molecule has 0 spiro atoms. The summed E-state index contributed by atoms with van der Waals surface area (Å²) in [5.41, 5.74) is 3.27. The molecule has 1 aliphatic rings. The Kier molecular flexibility index (Phi) is 5.54. The SMILES string of the molecule is CCc1nn(C)c(Cl)c1CN1CCN(Cc2cccc(F)c2)CC1. The van der Waals surface area contributed by atoms with Crippen LogP contribution in [0.25, 0.3) is 0 Å². The number of benzene rings is 1. The average molecular weight is 351 g/mol. The standard InChI is InChI=1S/C18H24ClFN4/c1-3-17-16(18(19)22(2)21-17)13-24-9-7-23(8-10-24)12-14-5-4-6-15(20)11-14/h4-6,11H,3,7-10,12-13H2,1-2H3. The Morgan fingerprint density at radius 1 is 1.12 bits per heavy atom. The molecule has 0 aliphatic carbocycles. The lowest BCUT2D eigenvalue weighted by molar-refractivity contribution is 0.121. The molecule has 24 heavy (non-hydrogen) atoms. The molecular weight excluding hydrogens is 327 g/mol. The van der Waals surface area contributed by atoms with Crippen molar-refractivity contribution in [1.82, 2.24) is 19.6 Å². The molecule has 6 heteroatoms. The molecule has 0 radical (unpaired) electrons. The molecular formula is C18H24ClFN4. The molecule has 4 nitrogen and oxygen atoms in total. The van der Waals surface area contributed by atoms with Crippen LogP contribution in [0.3, 0.4) is 0 Å². The van der Waals surface area contributed by atoms with Crippen LogP contribution >= 0.6 is 11.6 Å². The molecule has 1 aromatic heterocycles. The number of hydrogen-bond donors (Lipinski definition) is 0. The minimum atomic E-state index is -0.163. The van der Waals surface area contributed by atoms with Gasteiger partial charge in [0.05, 0.1) is 5.69 Å². The molecule has 0 bridgehead atoms. The van der Waals surface area contributed by atoms with Gasteiger partial charge in [-0.3, -0.25) is 14.5 Å². The van der Waals surface area contributed by atoms with Crippen molar-refractivity contribution in [3.63, 3.8) is 0 Å². The van der Waals surface area contributed by atoms with E-state index >= 15 is 0 Å². The Labute approximate surface area is 147 Å². The highest BCUT2D eigenvalue weighted by atomic mass is 35.5. The fourth-order valence-electron chi connectivity index (χ4n) is 3.26. The van der Waals surface area contributed by atoms with Gasteiger partial charge in [0.25, 0.3) is 0 Å². The van der Waals surface area contributed by atoms with Crippen molar-refractivity contribution in [3.8, 4) is 0 Å². The van der Waals surface area contributed by atoms with Gasteiger partial charge < -0.3 is 0 Å². The van der Waals surface area contributed by atoms with E-state index in [9.17, 15) is 4.39 Å². The highest BCUT2D eigenvalue weighted by molar-refractivity contribution is 6.30. The number of hydrogen-bond acceptors (Lipinski definition) is 3. The van der Waals surface area contributed by atoms with Crippen LogP contribution < -0.4 is 0 Å². The number of aryl methyl sites for hydroxylation is 2. The Morgan fingerprint density at radius 3 is 2.42 bits per heavy atom. The predicted molar refractivity (Wildman–Crippen MR) is 94.6 cm³/mol. The van der Waals surface area contributed by atoms with E-state index in [4.69, 9.17) is 11.6 Å². The summed E-state index contributed by atoms with van der Waals surface area (Å²) < 4.78 is 15.0. The van der Waals surface area contributed by atoms with Crippen molar-refractivity contribution in [2.24, 2.45) is 7.05 Å². The van der Waals surface area contributed by atoms with Crippen LogP contribution in [0.15, 0.2) is 24.3 Å². The largest absolute Gasteiger partial charge is 0.297 e. The van der Waals surface area contributed by atoms with E-state index in [1.807, 2.05) is 13.1 Å². The van der Waals surface area contributed by atoms with Gasteiger partial charge in [-0.05, 0) is 24.1 Å². The normalized spacial score (nSPS) is 16.7. The van der Waals surface area contributed by atoms with Gasteiger partial charge >= 0.3 is 0 Å². The molecule has 1 aromatic carbocycles. The minimum absolute atomic E-state index is 0.163. The van der Waals surface area contributed by atoms with Crippen LogP contribution in [0, 0.1) is 5.82 Å². The van der Waals surface area contributed by atoms with E-state index < -0.39 is 0 Å². The second-order valence-corrected chi connectivity index (χ2v) is 6.73. The number of rotatable bonds is 5. The minimum Gasteiger partial charge on any atom is -0.297 e. The Bertz CT molecular complexity index is 692. The molecule has 0 saturated carbocycles. The van der Waals surface area contributed by atoms with Crippen molar-refractivity contribution in [1.29, 1.82) is 0 Å². The third-order valence-corrected chi connectivity index (χ3v) is 5.10. The highest BCUT2D eigenvalue weighted by Crippen LogP contribution is 2.22. The van der Waals surface area contributed by atoms with Gasteiger partial charge in [0, 0.05) is 51.9 Å². The van der Waals surface area contributed by atoms with E-state index in [2.05, 4.69) is 21.8 Å². The van der Waals surface area contributed by atoms with Crippen molar-refractivity contribution in [2.75, 3.05) is 26.2 Å². The van der Waals surface area contributed by atoms with Gasteiger partial charge in [-0.15, -0.1) is 0 Å². The van der Waals surface area contributed by atoms with Gasteiger partial charge in [0.2, 0.25) is 0 Å². The van der Waals surface area contributed by atoms with Crippen molar-refractivity contribution in [3.05, 3.63) is 52.1 Å². The summed E-state index contributed by atoms with van der Waals surface area (Å²) in [6.45, 7) is 7.71. The lowest BCUT2D eigenvalue weighted by Crippen LogP contribution is -2.45. The lowest BCUT2D eigenvalue weighted by atomic mass is 10.1. The summed E-state index contributed by atoms with van der Waals surface area (Å²) in [7, 11) is 1.89. The molecule has 130 valence electrons. The Hall–Kier alpha value is -1.43. The summed E-state index contributed by atoms with van der Waals surface area (Å²) >= 11 is 6.39. The van der Waals surface area contributed by atoms with Gasteiger partial charge in [0.1, 0.15) is 11.0 Å². The second kappa shape index (κ2) is 7.64. The van der Waals surface area contributed by atoms with Gasteiger partial charge in [-0.25, -0.2) is 4.39 Å². The summed E-state index contributed by atoms with van der Waals surface area (Å²) in [5, 5.41) is 5.23. The van der Waals surface area contributed by atoms with Gasteiger partial charge in [-0.1, -0.05) is 30.7 Å². The van der Waals surface area contributed by atoms with Crippen LogP contribution in [0.4, 0.5) is 4.39 Å². The zero-order valence-electron chi connectivity index (χ0n) is 14.3. The molecule has 0 unspecified atom stereocenters. The highest BCUT2D eigenvalue weighted by Gasteiger charge is 2.21.